The van der Waals surface area contributed by atoms with Crippen LogP contribution in [0.4, 0.5) is 8.78 Å². The molecule has 1 saturated heterocycles. The maximum atomic E-state index is 14.3. The highest BCUT2D eigenvalue weighted by Crippen LogP contribution is 2.34. The van der Waals surface area contributed by atoms with Crippen molar-refractivity contribution < 1.29 is 13.6 Å². The zero-order valence-corrected chi connectivity index (χ0v) is 16.0. The molecule has 2 aromatic carbocycles. The number of hydrogen-bond donors (Lipinski definition) is 1. The summed E-state index contributed by atoms with van der Waals surface area (Å²) in [6, 6.07) is 9.08. The summed E-state index contributed by atoms with van der Waals surface area (Å²) >= 11 is 6.49. The molecule has 7 heteroatoms. The molecule has 1 N–H and O–H groups in total. The van der Waals surface area contributed by atoms with E-state index in [0.717, 1.165) is 19.2 Å². The molecule has 0 spiro atoms. The van der Waals surface area contributed by atoms with Crippen molar-refractivity contribution in [3.8, 4) is 11.3 Å². The molecule has 4 nitrogen and oxygen atoms in total. The van der Waals surface area contributed by atoms with E-state index in [1.165, 1.54) is 12.1 Å². The lowest BCUT2D eigenvalue weighted by atomic mass is 10.0. The van der Waals surface area contributed by atoms with Gasteiger partial charge < -0.3 is 10.2 Å². The van der Waals surface area contributed by atoms with E-state index in [2.05, 4.69) is 10.3 Å². The molecule has 1 aromatic heterocycles. The van der Waals surface area contributed by atoms with Crippen molar-refractivity contribution in [1.29, 1.82) is 0 Å². The van der Waals surface area contributed by atoms with Crippen LogP contribution >= 0.6 is 11.6 Å². The SMILES string of the molecule is Cc1c(-c2cccc(F)c2F)nc2cc(C(=O)N3CCNCC3)ccc2c1Cl. The van der Waals surface area contributed by atoms with Crippen LogP contribution in [0.5, 0.6) is 0 Å². The summed E-state index contributed by atoms with van der Waals surface area (Å²) in [7, 11) is 0. The van der Waals surface area contributed by atoms with Gasteiger partial charge in [-0.1, -0.05) is 23.7 Å². The second-order valence-corrected chi connectivity index (χ2v) is 7.15. The summed E-state index contributed by atoms with van der Waals surface area (Å²) in [5, 5.41) is 4.28. The number of nitrogens with one attached hydrogen (secondary N) is 1. The van der Waals surface area contributed by atoms with Crippen molar-refractivity contribution in [3.63, 3.8) is 0 Å². The summed E-state index contributed by atoms with van der Waals surface area (Å²) < 4.78 is 28.0. The predicted molar refractivity (Wildman–Crippen MR) is 106 cm³/mol. The van der Waals surface area contributed by atoms with Crippen LogP contribution in [-0.2, 0) is 0 Å². The Kier molecular flexibility index (Phi) is 5.00. The first-order valence-corrected chi connectivity index (χ1v) is 9.39. The van der Waals surface area contributed by atoms with Gasteiger partial charge in [0.15, 0.2) is 11.6 Å². The molecule has 1 fully saturated rings. The van der Waals surface area contributed by atoms with E-state index in [1.807, 2.05) is 0 Å². The quantitative estimate of drug-likeness (QED) is 0.700. The summed E-state index contributed by atoms with van der Waals surface area (Å²) in [4.78, 5) is 19.1. The molecule has 0 saturated carbocycles. The van der Waals surface area contributed by atoms with Gasteiger partial charge in [0.2, 0.25) is 0 Å². The van der Waals surface area contributed by atoms with E-state index in [-0.39, 0.29) is 17.2 Å². The number of aromatic nitrogens is 1. The fourth-order valence-electron chi connectivity index (χ4n) is 3.45. The predicted octanol–water partition coefficient (Wildman–Crippen LogP) is 4.19. The minimum absolute atomic E-state index is 0.0418. The van der Waals surface area contributed by atoms with Crippen LogP contribution in [0.2, 0.25) is 5.02 Å². The number of hydrogen-bond acceptors (Lipinski definition) is 3. The van der Waals surface area contributed by atoms with E-state index >= 15 is 0 Å². The van der Waals surface area contributed by atoms with Crippen molar-refractivity contribution in [2.75, 3.05) is 26.2 Å². The Bertz CT molecular complexity index is 1080. The molecule has 28 heavy (non-hydrogen) atoms. The van der Waals surface area contributed by atoms with Gasteiger partial charge in [-0.25, -0.2) is 13.8 Å². The number of nitrogens with zero attached hydrogens (tertiary/aromatic N) is 2. The Labute approximate surface area is 166 Å². The Morgan fingerprint density at radius 1 is 1.18 bits per heavy atom. The molecule has 0 atom stereocenters. The normalized spacial score (nSPS) is 14.5. The fourth-order valence-corrected chi connectivity index (χ4v) is 3.70. The Hall–Kier alpha value is -2.57. The van der Waals surface area contributed by atoms with Crippen molar-refractivity contribution in [2.45, 2.75) is 6.92 Å². The molecule has 1 amide bonds. The van der Waals surface area contributed by atoms with Crippen LogP contribution in [0.15, 0.2) is 36.4 Å². The van der Waals surface area contributed by atoms with Gasteiger partial charge in [0.05, 0.1) is 16.2 Å². The van der Waals surface area contributed by atoms with Crippen LogP contribution in [0.1, 0.15) is 15.9 Å². The van der Waals surface area contributed by atoms with E-state index < -0.39 is 11.6 Å². The third-order valence-electron chi connectivity index (χ3n) is 5.01. The van der Waals surface area contributed by atoms with E-state index in [1.54, 1.807) is 30.0 Å². The van der Waals surface area contributed by atoms with Crippen LogP contribution < -0.4 is 5.32 Å². The molecule has 144 valence electrons. The number of pyridine rings is 1. The van der Waals surface area contributed by atoms with Gasteiger partial charge in [0, 0.05) is 42.7 Å². The summed E-state index contributed by atoms with van der Waals surface area (Å²) in [5.74, 6) is -2.00. The molecular formula is C21H18ClF2N3O. The average molecular weight is 402 g/mol. The molecule has 0 radical (unpaired) electrons. The highest BCUT2D eigenvalue weighted by molar-refractivity contribution is 6.36. The lowest BCUT2D eigenvalue weighted by Crippen LogP contribution is -2.46. The summed E-state index contributed by atoms with van der Waals surface area (Å²) in [6.07, 6.45) is 0. The Balaban J connectivity index is 1.83. The number of halogens is 3. The third-order valence-corrected chi connectivity index (χ3v) is 5.50. The van der Waals surface area contributed by atoms with Gasteiger partial charge in [0.25, 0.3) is 5.91 Å². The number of carbonyl (C=O) groups excluding carboxylic acids is 1. The van der Waals surface area contributed by atoms with E-state index in [9.17, 15) is 13.6 Å². The second kappa shape index (κ2) is 7.45. The van der Waals surface area contributed by atoms with Gasteiger partial charge in [-0.15, -0.1) is 0 Å². The second-order valence-electron chi connectivity index (χ2n) is 6.77. The lowest BCUT2D eigenvalue weighted by Gasteiger charge is -2.27. The molecule has 4 rings (SSSR count). The topological polar surface area (TPSA) is 45.2 Å². The third kappa shape index (κ3) is 3.23. The van der Waals surface area contributed by atoms with E-state index in [0.29, 0.717) is 40.1 Å². The first-order chi connectivity index (χ1) is 13.5. The minimum Gasteiger partial charge on any atom is -0.336 e. The smallest absolute Gasteiger partial charge is 0.254 e. The van der Waals surface area contributed by atoms with Crippen molar-refractivity contribution >= 4 is 28.4 Å². The van der Waals surface area contributed by atoms with Gasteiger partial charge in [-0.2, -0.15) is 0 Å². The first-order valence-electron chi connectivity index (χ1n) is 9.01. The largest absolute Gasteiger partial charge is 0.336 e. The van der Waals surface area contributed by atoms with Crippen LogP contribution in [0.3, 0.4) is 0 Å². The van der Waals surface area contributed by atoms with Crippen LogP contribution in [-0.4, -0.2) is 42.0 Å². The maximum absolute atomic E-state index is 14.3. The standard InChI is InChI=1S/C21H18ClF2N3O/c1-12-18(22)14-6-5-13(21(28)27-9-7-25-8-10-27)11-17(14)26-20(12)15-3-2-4-16(23)19(15)24/h2-6,11,25H,7-10H2,1H3. The molecule has 2 heterocycles. The zero-order valence-electron chi connectivity index (χ0n) is 15.2. The molecule has 1 aliphatic heterocycles. The summed E-state index contributed by atoms with van der Waals surface area (Å²) in [5.41, 5.74) is 1.82. The van der Waals surface area contributed by atoms with Gasteiger partial charge in [0.1, 0.15) is 0 Å². The average Bonchev–Trinajstić information content (AvgIpc) is 2.72. The number of rotatable bonds is 2. The number of benzene rings is 2. The Morgan fingerprint density at radius 2 is 1.93 bits per heavy atom. The molecule has 0 bridgehead atoms. The van der Waals surface area contributed by atoms with Gasteiger partial charge in [-0.3, -0.25) is 4.79 Å². The van der Waals surface area contributed by atoms with Crippen molar-refractivity contribution in [3.05, 3.63) is 64.2 Å². The lowest BCUT2D eigenvalue weighted by molar-refractivity contribution is 0.0736. The molecule has 0 aliphatic carbocycles. The van der Waals surface area contributed by atoms with Crippen LogP contribution in [0, 0.1) is 18.6 Å². The molecule has 0 unspecified atom stereocenters. The van der Waals surface area contributed by atoms with Crippen molar-refractivity contribution in [1.82, 2.24) is 15.2 Å². The molecular weight excluding hydrogens is 384 g/mol. The highest BCUT2D eigenvalue weighted by Gasteiger charge is 2.21. The highest BCUT2D eigenvalue weighted by atomic mass is 35.5. The minimum atomic E-state index is -0.971. The van der Waals surface area contributed by atoms with Gasteiger partial charge >= 0.3 is 0 Å². The molecule has 3 aromatic rings. The first kappa shape index (κ1) is 18.8. The zero-order chi connectivity index (χ0) is 19.8. The van der Waals surface area contributed by atoms with Gasteiger partial charge in [-0.05, 0) is 36.8 Å². The van der Waals surface area contributed by atoms with E-state index in [4.69, 9.17) is 11.6 Å². The number of fused-ring (bicyclic) bond motifs is 1. The van der Waals surface area contributed by atoms with Crippen molar-refractivity contribution in [2.24, 2.45) is 0 Å². The number of carbonyl (C=O) groups is 1. The van der Waals surface area contributed by atoms with Crippen LogP contribution in [0.25, 0.3) is 22.2 Å². The number of piperazine rings is 1. The monoisotopic (exact) mass is 401 g/mol. The number of amides is 1. The maximum Gasteiger partial charge on any atom is 0.254 e. The molecule has 1 aliphatic rings. The Morgan fingerprint density at radius 3 is 2.68 bits per heavy atom. The fraction of sp³-hybridized carbons (Fsp3) is 0.238. The summed E-state index contributed by atoms with van der Waals surface area (Å²) in [6.45, 7) is 4.50.